The summed E-state index contributed by atoms with van der Waals surface area (Å²) in [6.45, 7) is 2.73. The van der Waals surface area contributed by atoms with E-state index in [-0.39, 0.29) is 12.1 Å². The molecule has 1 aliphatic heterocycles. The lowest BCUT2D eigenvalue weighted by atomic mass is 10.3. The third-order valence-electron chi connectivity index (χ3n) is 4.52. The molecule has 1 amide bonds. The van der Waals surface area contributed by atoms with Gasteiger partial charge in [0.1, 0.15) is 0 Å². The highest BCUT2D eigenvalue weighted by Gasteiger charge is 2.67. The third-order valence-corrected chi connectivity index (χ3v) is 4.52. The van der Waals surface area contributed by atoms with E-state index in [9.17, 15) is 35.5 Å². The van der Waals surface area contributed by atoms with Crippen molar-refractivity contribution in [1.82, 2.24) is 14.5 Å². The Morgan fingerprint density at radius 2 is 1.71 bits per heavy atom. The Balaban J connectivity index is 1.83. The molecule has 14 heteroatoms. The van der Waals surface area contributed by atoms with Gasteiger partial charge in [0.2, 0.25) is 5.95 Å². The Bertz CT molecular complexity index is 926. The first-order valence-electron chi connectivity index (χ1n) is 9.00. The van der Waals surface area contributed by atoms with Crippen molar-refractivity contribution in [3.05, 3.63) is 24.3 Å². The summed E-state index contributed by atoms with van der Waals surface area (Å²) in [5.41, 5.74) is 0.675. The van der Waals surface area contributed by atoms with Gasteiger partial charge in [-0.05, 0) is 12.1 Å². The van der Waals surface area contributed by atoms with Crippen LogP contribution in [0.15, 0.2) is 24.3 Å². The van der Waals surface area contributed by atoms with Crippen molar-refractivity contribution >= 4 is 22.9 Å². The van der Waals surface area contributed by atoms with Gasteiger partial charge in [0.15, 0.2) is 0 Å². The van der Waals surface area contributed by atoms with Crippen LogP contribution in [0.1, 0.15) is 0 Å². The molecule has 2 heterocycles. The number of rotatable bonds is 7. The monoisotopic (exact) mass is 458 g/mol. The highest BCUT2D eigenvalue weighted by atomic mass is 19.4. The number of halogens is 7. The largest absolute Gasteiger partial charge is 0.527 e. The van der Waals surface area contributed by atoms with Crippen LogP contribution < -0.4 is 5.32 Å². The molecular weight excluding hydrogens is 441 g/mol. The zero-order valence-corrected chi connectivity index (χ0v) is 15.8. The molecular formula is C17H17F7N4O3. The number of carbonyl (C=O) groups excluding carboxylic acids is 1. The van der Waals surface area contributed by atoms with Crippen molar-refractivity contribution in [3.8, 4) is 0 Å². The summed E-state index contributed by atoms with van der Waals surface area (Å²) in [6, 6.07) is 6.25. The average Bonchev–Trinajstić information content (AvgIpc) is 3.02. The summed E-state index contributed by atoms with van der Waals surface area (Å²) in [7, 11) is 0. The fraction of sp³-hybridized carbons (Fsp3) is 0.529. The maximum absolute atomic E-state index is 13.8. The minimum absolute atomic E-state index is 0.136. The summed E-state index contributed by atoms with van der Waals surface area (Å²) >= 11 is 0. The van der Waals surface area contributed by atoms with E-state index >= 15 is 0 Å². The molecule has 7 nitrogen and oxygen atoms in total. The average molecular weight is 458 g/mol. The number of carbonyl (C=O) groups is 1. The van der Waals surface area contributed by atoms with Crippen molar-refractivity contribution in [1.29, 1.82) is 0 Å². The van der Waals surface area contributed by atoms with Gasteiger partial charge in [-0.1, -0.05) is 12.1 Å². The first kappa shape index (κ1) is 23.2. The van der Waals surface area contributed by atoms with Gasteiger partial charge < -0.3 is 9.30 Å². The molecule has 0 bridgehead atoms. The highest BCUT2D eigenvalue weighted by molar-refractivity contribution is 5.96. The summed E-state index contributed by atoms with van der Waals surface area (Å²) in [5, 5.41) is 1.51. The molecule has 31 heavy (non-hydrogen) atoms. The number of imidazole rings is 1. The van der Waals surface area contributed by atoms with Crippen LogP contribution in [0, 0.1) is 0 Å². The van der Waals surface area contributed by atoms with Crippen LogP contribution in [0.5, 0.6) is 0 Å². The van der Waals surface area contributed by atoms with Crippen LogP contribution in [-0.2, 0) is 20.8 Å². The summed E-state index contributed by atoms with van der Waals surface area (Å²) in [5.74, 6) is -9.03. The van der Waals surface area contributed by atoms with E-state index in [1.54, 1.807) is 18.2 Å². The maximum Gasteiger partial charge on any atom is 0.527 e. The molecule has 0 unspecified atom stereocenters. The molecule has 1 aromatic carbocycles. The molecule has 0 saturated carbocycles. The minimum Gasteiger partial charge on any atom is -0.379 e. The van der Waals surface area contributed by atoms with Gasteiger partial charge in [0.05, 0.1) is 24.2 Å². The number of benzene rings is 1. The summed E-state index contributed by atoms with van der Waals surface area (Å²) < 4.78 is 99.2. The number of nitrogens with zero attached hydrogens (tertiary/aromatic N) is 3. The van der Waals surface area contributed by atoms with E-state index in [1.807, 2.05) is 4.90 Å². The summed E-state index contributed by atoms with van der Waals surface area (Å²) in [6.07, 6.45) is -12.2. The van der Waals surface area contributed by atoms with Crippen LogP contribution in [-0.4, -0.2) is 71.6 Å². The number of hydrogen-bond donors (Lipinski definition) is 1. The fourth-order valence-electron chi connectivity index (χ4n) is 2.99. The quantitative estimate of drug-likeness (QED) is 0.647. The second kappa shape index (κ2) is 8.59. The van der Waals surface area contributed by atoms with Crippen molar-refractivity contribution in [2.75, 3.05) is 38.2 Å². The molecule has 1 fully saturated rings. The van der Waals surface area contributed by atoms with Crippen molar-refractivity contribution in [3.63, 3.8) is 0 Å². The Labute approximate surface area is 170 Å². The number of morpholine rings is 1. The zero-order chi connectivity index (χ0) is 22.9. The number of anilines is 1. The smallest absolute Gasteiger partial charge is 0.379 e. The number of amides is 1. The normalized spacial score (nSPS) is 16.6. The number of nitrogens with one attached hydrogen (secondary N) is 1. The first-order valence-corrected chi connectivity index (χ1v) is 9.00. The second-order valence-corrected chi connectivity index (χ2v) is 6.62. The summed E-state index contributed by atoms with van der Waals surface area (Å²) in [4.78, 5) is 17.8. The predicted molar refractivity (Wildman–Crippen MR) is 92.7 cm³/mol. The van der Waals surface area contributed by atoms with Crippen LogP contribution in [0.4, 0.5) is 36.7 Å². The molecule has 0 spiro atoms. The molecule has 2 aromatic rings. The molecule has 1 N–H and O–H groups in total. The van der Waals surface area contributed by atoms with E-state index in [2.05, 4.69) is 9.72 Å². The number of fused-ring (bicyclic) bond motifs is 1. The van der Waals surface area contributed by atoms with Gasteiger partial charge in [-0.15, -0.1) is 13.2 Å². The maximum atomic E-state index is 13.8. The van der Waals surface area contributed by atoms with Crippen molar-refractivity contribution < 1.29 is 45.0 Å². The molecule has 1 saturated heterocycles. The Morgan fingerprint density at radius 1 is 1.06 bits per heavy atom. The van der Waals surface area contributed by atoms with E-state index in [1.165, 1.54) is 16.0 Å². The van der Waals surface area contributed by atoms with E-state index < -0.39 is 30.2 Å². The van der Waals surface area contributed by atoms with Crippen LogP contribution in [0.2, 0.25) is 0 Å². The van der Waals surface area contributed by atoms with E-state index in [4.69, 9.17) is 4.74 Å². The van der Waals surface area contributed by atoms with Crippen LogP contribution >= 0.6 is 0 Å². The van der Waals surface area contributed by atoms with Gasteiger partial charge in [0, 0.05) is 26.2 Å². The predicted octanol–water partition coefficient (Wildman–Crippen LogP) is 3.07. The molecule has 1 aromatic heterocycles. The Kier molecular flexibility index (Phi) is 6.43. The van der Waals surface area contributed by atoms with Crippen molar-refractivity contribution in [2.45, 2.75) is 24.9 Å². The topological polar surface area (TPSA) is 68.6 Å². The lowest BCUT2D eigenvalue weighted by Crippen LogP contribution is -2.53. The third kappa shape index (κ3) is 5.25. The second-order valence-electron chi connectivity index (χ2n) is 6.62. The number of para-hydroxylation sites is 2. The number of hydrogen-bond acceptors (Lipinski definition) is 5. The Morgan fingerprint density at radius 3 is 2.35 bits per heavy atom. The molecule has 0 atom stereocenters. The molecule has 1 aliphatic rings. The van der Waals surface area contributed by atoms with Gasteiger partial charge in [-0.25, -0.2) is 9.72 Å². The van der Waals surface area contributed by atoms with E-state index in [0.29, 0.717) is 38.4 Å². The van der Waals surface area contributed by atoms with Gasteiger partial charge >= 0.3 is 24.3 Å². The van der Waals surface area contributed by atoms with Gasteiger partial charge in [-0.3, -0.25) is 15.0 Å². The SMILES string of the molecule is O=C(Nc1nc2ccccc2n1CCN1CCOCC1)C(F)(F)C(F)(F)OC(F)(F)F. The molecule has 0 radical (unpaired) electrons. The first-order chi connectivity index (χ1) is 14.4. The lowest BCUT2D eigenvalue weighted by Gasteiger charge is -2.27. The van der Waals surface area contributed by atoms with Gasteiger partial charge in [0.25, 0.3) is 0 Å². The highest BCUT2D eigenvalue weighted by Crippen LogP contribution is 2.40. The minimum atomic E-state index is -6.13. The van der Waals surface area contributed by atoms with Crippen LogP contribution in [0.25, 0.3) is 11.0 Å². The molecule has 3 rings (SSSR count). The van der Waals surface area contributed by atoms with Gasteiger partial charge in [-0.2, -0.15) is 17.6 Å². The van der Waals surface area contributed by atoms with Crippen molar-refractivity contribution in [2.24, 2.45) is 0 Å². The fourth-order valence-corrected chi connectivity index (χ4v) is 2.99. The Hall–Kier alpha value is -2.45. The van der Waals surface area contributed by atoms with E-state index in [0.717, 1.165) is 0 Å². The standard InChI is InChI=1S/C17H17F7N4O3/c18-15(19,16(20,21)31-17(22,23)24)13(29)26-14-25-11-3-1-2-4-12(11)28(14)6-5-27-7-9-30-10-8-27/h1-4H,5-10H2,(H,25,26,29). The lowest BCUT2D eigenvalue weighted by molar-refractivity contribution is -0.457. The number of alkyl halides is 7. The van der Waals surface area contributed by atoms with Crippen LogP contribution in [0.3, 0.4) is 0 Å². The zero-order valence-electron chi connectivity index (χ0n) is 15.8. The number of ether oxygens (including phenoxy) is 2. The molecule has 0 aliphatic carbocycles. The number of aromatic nitrogens is 2. The molecule has 172 valence electrons.